The maximum atomic E-state index is 13.4. The SMILES string of the molecule is CCc1ccc(N(CC(=O)Nc2ccc3ccccc3c2)S(=O)(=O)c2ccccc2)cc1. The van der Waals surface area contributed by atoms with Gasteiger partial charge < -0.3 is 5.32 Å². The van der Waals surface area contributed by atoms with Gasteiger partial charge in [-0.1, -0.05) is 67.6 Å². The number of nitrogens with zero attached hydrogens (tertiary/aromatic N) is 1. The molecule has 5 nitrogen and oxygen atoms in total. The monoisotopic (exact) mass is 444 g/mol. The summed E-state index contributed by atoms with van der Waals surface area (Å²) in [5.74, 6) is -0.417. The van der Waals surface area contributed by atoms with Crippen LogP contribution in [0.3, 0.4) is 0 Å². The fraction of sp³-hybridized carbons (Fsp3) is 0.115. The van der Waals surface area contributed by atoms with Crippen molar-refractivity contribution in [2.24, 2.45) is 0 Å². The lowest BCUT2D eigenvalue weighted by molar-refractivity contribution is -0.114. The molecule has 32 heavy (non-hydrogen) atoms. The molecule has 0 fully saturated rings. The summed E-state index contributed by atoms with van der Waals surface area (Å²) >= 11 is 0. The summed E-state index contributed by atoms with van der Waals surface area (Å²) < 4.78 is 27.9. The molecular weight excluding hydrogens is 420 g/mol. The Morgan fingerprint density at radius 1 is 0.812 bits per heavy atom. The molecule has 4 aromatic rings. The van der Waals surface area contributed by atoms with Gasteiger partial charge in [-0.3, -0.25) is 9.10 Å². The first-order valence-electron chi connectivity index (χ1n) is 10.4. The van der Waals surface area contributed by atoms with Gasteiger partial charge in [0.05, 0.1) is 10.6 Å². The second-order valence-electron chi connectivity index (χ2n) is 7.45. The highest BCUT2D eigenvalue weighted by Gasteiger charge is 2.27. The van der Waals surface area contributed by atoms with Crippen LogP contribution >= 0.6 is 0 Å². The highest BCUT2D eigenvalue weighted by atomic mass is 32.2. The van der Waals surface area contributed by atoms with E-state index < -0.39 is 15.9 Å². The van der Waals surface area contributed by atoms with Crippen LogP contribution < -0.4 is 9.62 Å². The van der Waals surface area contributed by atoms with Gasteiger partial charge in [0.2, 0.25) is 5.91 Å². The molecule has 0 aliphatic rings. The van der Waals surface area contributed by atoms with Crippen LogP contribution in [-0.2, 0) is 21.2 Å². The fourth-order valence-corrected chi connectivity index (χ4v) is 4.97. The van der Waals surface area contributed by atoms with E-state index in [1.54, 1.807) is 30.3 Å². The molecule has 162 valence electrons. The molecule has 6 heteroatoms. The normalized spacial score (nSPS) is 11.3. The van der Waals surface area contributed by atoms with Crippen molar-refractivity contribution in [3.63, 3.8) is 0 Å². The molecule has 0 aromatic heterocycles. The summed E-state index contributed by atoms with van der Waals surface area (Å²) in [6.45, 7) is 1.69. The lowest BCUT2D eigenvalue weighted by atomic mass is 10.1. The highest BCUT2D eigenvalue weighted by Crippen LogP contribution is 2.25. The third-order valence-corrected chi connectivity index (χ3v) is 7.07. The molecule has 1 amide bonds. The molecule has 0 saturated carbocycles. The van der Waals surface area contributed by atoms with Gasteiger partial charge in [-0.25, -0.2) is 8.42 Å². The molecule has 0 aliphatic carbocycles. The third-order valence-electron chi connectivity index (χ3n) is 5.28. The number of benzene rings is 4. The first kappa shape index (κ1) is 21.6. The first-order chi connectivity index (χ1) is 15.5. The third kappa shape index (κ3) is 4.65. The number of anilines is 2. The van der Waals surface area contributed by atoms with Crippen LogP contribution in [0.15, 0.2) is 102 Å². The van der Waals surface area contributed by atoms with Crippen molar-refractivity contribution in [2.75, 3.05) is 16.2 Å². The number of rotatable bonds is 7. The predicted molar refractivity (Wildman–Crippen MR) is 129 cm³/mol. The van der Waals surface area contributed by atoms with Gasteiger partial charge in [0.1, 0.15) is 6.54 Å². The number of sulfonamides is 1. The van der Waals surface area contributed by atoms with Crippen LogP contribution in [0.4, 0.5) is 11.4 Å². The van der Waals surface area contributed by atoms with Crippen molar-refractivity contribution in [1.29, 1.82) is 0 Å². The van der Waals surface area contributed by atoms with Gasteiger partial charge in [-0.05, 0) is 59.2 Å². The fourth-order valence-electron chi connectivity index (χ4n) is 3.53. The minimum Gasteiger partial charge on any atom is -0.324 e. The molecule has 4 aromatic carbocycles. The van der Waals surface area contributed by atoms with E-state index >= 15 is 0 Å². The lowest BCUT2D eigenvalue weighted by Crippen LogP contribution is -2.38. The Labute approximate surface area is 188 Å². The molecule has 0 unspecified atom stereocenters. The standard InChI is InChI=1S/C26H24N2O3S/c1-2-20-12-16-24(17-13-20)28(32(30,31)25-10-4-3-5-11-25)19-26(29)27-23-15-14-21-8-6-7-9-22(21)18-23/h3-18H,2,19H2,1H3,(H,27,29). The average Bonchev–Trinajstić information content (AvgIpc) is 2.83. The quantitative estimate of drug-likeness (QED) is 0.424. The van der Waals surface area contributed by atoms with Crippen LogP contribution in [-0.4, -0.2) is 20.9 Å². The van der Waals surface area contributed by atoms with Crippen molar-refractivity contribution in [2.45, 2.75) is 18.2 Å². The van der Waals surface area contributed by atoms with E-state index in [-0.39, 0.29) is 11.4 Å². The number of nitrogens with one attached hydrogen (secondary N) is 1. The number of aryl methyl sites for hydroxylation is 1. The zero-order valence-electron chi connectivity index (χ0n) is 17.7. The summed E-state index contributed by atoms with van der Waals surface area (Å²) in [5.41, 5.74) is 2.15. The number of carbonyl (C=O) groups is 1. The van der Waals surface area contributed by atoms with Crippen LogP contribution in [0.1, 0.15) is 12.5 Å². The number of fused-ring (bicyclic) bond motifs is 1. The summed E-state index contributed by atoms with van der Waals surface area (Å²) in [5, 5.41) is 4.89. The van der Waals surface area contributed by atoms with E-state index in [4.69, 9.17) is 0 Å². The molecule has 0 heterocycles. The Hall–Kier alpha value is -3.64. The second kappa shape index (κ2) is 9.24. The van der Waals surface area contributed by atoms with Crippen LogP contribution in [0.25, 0.3) is 10.8 Å². The van der Waals surface area contributed by atoms with Gasteiger partial charge in [0.25, 0.3) is 10.0 Å². The zero-order chi connectivity index (χ0) is 22.6. The molecule has 1 N–H and O–H groups in total. The van der Waals surface area contributed by atoms with Gasteiger partial charge in [0, 0.05) is 5.69 Å². The minimum atomic E-state index is -3.92. The average molecular weight is 445 g/mol. The largest absolute Gasteiger partial charge is 0.324 e. The summed E-state index contributed by atoms with van der Waals surface area (Å²) in [7, 11) is -3.92. The van der Waals surface area contributed by atoms with E-state index in [0.717, 1.165) is 27.1 Å². The Morgan fingerprint density at radius 3 is 2.16 bits per heavy atom. The molecule has 0 spiro atoms. The van der Waals surface area contributed by atoms with Crippen LogP contribution in [0.2, 0.25) is 0 Å². The number of amides is 1. The first-order valence-corrected chi connectivity index (χ1v) is 11.9. The Morgan fingerprint density at radius 2 is 1.47 bits per heavy atom. The Bertz CT molecular complexity index is 1330. The highest BCUT2D eigenvalue weighted by molar-refractivity contribution is 7.92. The maximum absolute atomic E-state index is 13.4. The smallest absolute Gasteiger partial charge is 0.264 e. The van der Waals surface area contributed by atoms with Crippen molar-refractivity contribution < 1.29 is 13.2 Å². The van der Waals surface area contributed by atoms with E-state index in [2.05, 4.69) is 5.32 Å². The molecule has 0 aliphatic heterocycles. The van der Waals surface area contributed by atoms with Gasteiger partial charge in [0.15, 0.2) is 0 Å². The Kier molecular flexibility index (Phi) is 6.23. The zero-order valence-corrected chi connectivity index (χ0v) is 18.5. The molecular formula is C26H24N2O3S. The number of hydrogen-bond acceptors (Lipinski definition) is 3. The number of hydrogen-bond donors (Lipinski definition) is 1. The second-order valence-corrected chi connectivity index (χ2v) is 9.32. The van der Waals surface area contributed by atoms with Crippen LogP contribution in [0, 0.1) is 0 Å². The maximum Gasteiger partial charge on any atom is 0.264 e. The molecule has 0 atom stereocenters. The van der Waals surface area contributed by atoms with E-state index in [9.17, 15) is 13.2 Å². The summed E-state index contributed by atoms with van der Waals surface area (Å²) in [6, 6.07) is 28.8. The van der Waals surface area contributed by atoms with Gasteiger partial charge >= 0.3 is 0 Å². The topological polar surface area (TPSA) is 66.5 Å². The van der Waals surface area contributed by atoms with Crippen molar-refractivity contribution in [3.05, 3.63) is 103 Å². The predicted octanol–water partition coefficient (Wildman–Crippen LogP) is 5.24. The van der Waals surface area contributed by atoms with Gasteiger partial charge in [-0.15, -0.1) is 0 Å². The lowest BCUT2D eigenvalue weighted by Gasteiger charge is -2.24. The molecule has 0 bridgehead atoms. The minimum absolute atomic E-state index is 0.137. The van der Waals surface area contributed by atoms with Crippen molar-refractivity contribution in [1.82, 2.24) is 0 Å². The van der Waals surface area contributed by atoms with E-state index in [0.29, 0.717) is 11.4 Å². The van der Waals surface area contributed by atoms with Gasteiger partial charge in [-0.2, -0.15) is 0 Å². The molecule has 4 rings (SSSR count). The summed E-state index contributed by atoms with van der Waals surface area (Å²) in [4.78, 5) is 13.1. The Balaban J connectivity index is 1.63. The number of carbonyl (C=O) groups excluding carboxylic acids is 1. The molecule has 0 saturated heterocycles. The van der Waals surface area contributed by atoms with E-state index in [1.165, 1.54) is 12.1 Å². The van der Waals surface area contributed by atoms with E-state index in [1.807, 2.05) is 61.5 Å². The van der Waals surface area contributed by atoms with Crippen LogP contribution in [0.5, 0.6) is 0 Å². The van der Waals surface area contributed by atoms with Crippen molar-refractivity contribution in [3.8, 4) is 0 Å². The van der Waals surface area contributed by atoms with Crippen molar-refractivity contribution >= 4 is 38.1 Å². The molecule has 0 radical (unpaired) electrons. The summed E-state index contributed by atoms with van der Waals surface area (Å²) in [6.07, 6.45) is 0.841.